The summed E-state index contributed by atoms with van der Waals surface area (Å²) in [6.45, 7) is 0.145. The summed E-state index contributed by atoms with van der Waals surface area (Å²) in [6, 6.07) is 8.89. The third kappa shape index (κ3) is 4.10. The predicted molar refractivity (Wildman–Crippen MR) is 139 cm³/mol. The number of benzene rings is 2. The highest BCUT2D eigenvalue weighted by molar-refractivity contribution is 6.31. The van der Waals surface area contributed by atoms with Crippen molar-refractivity contribution in [3.63, 3.8) is 0 Å². The lowest BCUT2D eigenvalue weighted by Crippen LogP contribution is -2.60. The molecule has 37 heavy (non-hydrogen) atoms. The van der Waals surface area contributed by atoms with Crippen LogP contribution in [0.25, 0.3) is 0 Å². The quantitative estimate of drug-likeness (QED) is 0.390. The molecule has 3 atom stereocenters. The Morgan fingerprint density at radius 1 is 1.14 bits per heavy atom. The Bertz CT molecular complexity index is 1270. The van der Waals surface area contributed by atoms with Gasteiger partial charge in [0, 0.05) is 35.1 Å². The van der Waals surface area contributed by atoms with E-state index in [1.165, 1.54) is 6.07 Å². The Morgan fingerprint density at radius 2 is 1.89 bits per heavy atom. The molecule has 0 bridgehead atoms. The summed E-state index contributed by atoms with van der Waals surface area (Å²) in [5.41, 5.74) is -0.675. The van der Waals surface area contributed by atoms with Crippen molar-refractivity contribution in [3.05, 3.63) is 63.4 Å². The molecule has 0 radical (unpaired) electrons. The van der Waals surface area contributed by atoms with E-state index < -0.39 is 40.6 Å². The molecule has 7 nitrogen and oxygen atoms in total. The first-order valence-electron chi connectivity index (χ1n) is 12.5. The molecular weight excluding hydrogens is 520 g/mol. The summed E-state index contributed by atoms with van der Waals surface area (Å²) < 4.78 is 15.7. The largest absolute Gasteiger partial charge is 0.481 e. The normalized spacial score (nSPS) is 25.8. The number of anilines is 1. The number of rotatable bonds is 6. The number of carboxylic acid groups (broad SMARTS) is 1. The van der Waals surface area contributed by atoms with Crippen molar-refractivity contribution in [2.45, 2.75) is 67.9 Å². The van der Waals surface area contributed by atoms with Crippen molar-refractivity contribution < 1.29 is 23.9 Å². The van der Waals surface area contributed by atoms with E-state index in [9.17, 15) is 14.4 Å². The molecule has 2 amide bonds. The van der Waals surface area contributed by atoms with Crippen LogP contribution in [0.4, 0.5) is 10.1 Å². The SMILES string of the molecule is O=C(O)CCCNC(=O)C1NC2(CCCCC2)C2(C(=O)Nc3cc(Cl)ccc32)C1c1cccc(Cl)c1F. The van der Waals surface area contributed by atoms with Gasteiger partial charge in [0.2, 0.25) is 11.8 Å². The van der Waals surface area contributed by atoms with E-state index >= 15 is 4.39 Å². The summed E-state index contributed by atoms with van der Waals surface area (Å²) in [7, 11) is 0. The van der Waals surface area contributed by atoms with Crippen LogP contribution in [-0.2, 0) is 19.8 Å². The van der Waals surface area contributed by atoms with E-state index in [2.05, 4.69) is 16.0 Å². The lowest BCUT2D eigenvalue weighted by molar-refractivity contribution is -0.137. The van der Waals surface area contributed by atoms with E-state index in [0.717, 1.165) is 19.3 Å². The number of halogens is 3. The van der Waals surface area contributed by atoms with E-state index in [0.29, 0.717) is 29.1 Å². The highest BCUT2D eigenvalue weighted by Crippen LogP contribution is 2.62. The Morgan fingerprint density at radius 3 is 2.62 bits per heavy atom. The molecule has 196 valence electrons. The molecule has 2 aliphatic heterocycles. The topological polar surface area (TPSA) is 108 Å². The van der Waals surface area contributed by atoms with E-state index in [1.807, 2.05) is 0 Å². The maximum absolute atomic E-state index is 15.7. The fourth-order valence-corrected chi connectivity index (χ4v) is 7.13. The lowest BCUT2D eigenvalue weighted by atomic mass is 9.55. The number of hydrogen-bond donors (Lipinski definition) is 4. The molecule has 10 heteroatoms. The second-order valence-electron chi connectivity index (χ2n) is 10.1. The number of carbonyl (C=O) groups is 3. The number of fused-ring (bicyclic) bond motifs is 3. The maximum atomic E-state index is 15.7. The molecule has 1 aliphatic carbocycles. The summed E-state index contributed by atoms with van der Waals surface area (Å²) in [4.78, 5) is 38.8. The predicted octanol–water partition coefficient (Wildman–Crippen LogP) is 4.76. The molecule has 3 aliphatic rings. The van der Waals surface area contributed by atoms with Crippen LogP contribution in [0.15, 0.2) is 36.4 Å². The zero-order valence-corrected chi connectivity index (χ0v) is 21.6. The number of amides is 2. The van der Waals surface area contributed by atoms with Crippen LogP contribution >= 0.6 is 23.2 Å². The Balaban J connectivity index is 1.69. The van der Waals surface area contributed by atoms with Gasteiger partial charge < -0.3 is 15.7 Å². The average Bonchev–Trinajstić information content (AvgIpc) is 3.31. The van der Waals surface area contributed by atoms with Gasteiger partial charge in [-0.25, -0.2) is 4.39 Å². The molecule has 2 spiro atoms. The van der Waals surface area contributed by atoms with Gasteiger partial charge in [0.05, 0.1) is 11.1 Å². The number of nitrogens with one attached hydrogen (secondary N) is 3. The number of carboxylic acids is 1. The minimum absolute atomic E-state index is 0.0882. The first-order valence-corrected chi connectivity index (χ1v) is 13.3. The molecule has 5 rings (SSSR count). The van der Waals surface area contributed by atoms with Gasteiger partial charge in [0.25, 0.3) is 0 Å². The third-order valence-corrected chi connectivity index (χ3v) is 8.70. The van der Waals surface area contributed by atoms with Crippen molar-refractivity contribution in [2.24, 2.45) is 0 Å². The second kappa shape index (κ2) is 9.89. The van der Waals surface area contributed by atoms with E-state index in [4.69, 9.17) is 28.3 Å². The van der Waals surface area contributed by atoms with Crippen LogP contribution in [0.2, 0.25) is 10.0 Å². The molecule has 2 aromatic rings. The number of hydrogen-bond acceptors (Lipinski definition) is 4. The molecule has 4 N–H and O–H groups in total. The Hall–Kier alpha value is -2.68. The van der Waals surface area contributed by atoms with Crippen LogP contribution in [0.1, 0.15) is 62.0 Å². The molecule has 3 unspecified atom stereocenters. The van der Waals surface area contributed by atoms with Crippen molar-refractivity contribution in [3.8, 4) is 0 Å². The lowest BCUT2D eigenvalue weighted by Gasteiger charge is -2.47. The maximum Gasteiger partial charge on any atom is 0.303 e. The zero-order chi connectivity index (χ0) is 26.4. The van der Waals surface area contributed by atoms with Gasteiger partial charge in [0.1, 0.15) is 11.2 Å². The minimum atomic E-state index is -1.29. The van der Waals surface area contributed by atoms with Crippen molar-refractivity contribution in [1.29, 1.82) is 0 Å². The fraction of sp³-hybridized carbons (Fsp3) is 0.444. The van der Waals surface area contributed by atoms with Gasteiger partial charge in [-0.1, -0.05) is 60.7 Å². The minimum Gasteiger partial charge on any atom is -0.481 e. The highest BCUT2D eigenvalue weighted by Gasteiger charge is 2.72. The van der Waals surface area contributed by atoms with Crippen LogP contribution in [0.5, 0.6) is 0 Å². The Labute approximate surface area is 224 Å². The van der Waals surface area contributed by atoms with Crippen LogP contribution < -0.4 is 16.0 Å². The van der Waals surface area contributed by atoms with Crippen molar-refractivity contribution >= 4 is 46.7 Å². The fourth-order valence-electron chi connectivity index (χ4n) is 6.78. The molecular formula is C27H28Cl2FN3O4. The van der Waals surface area contributed by atoms with E-state index in [-0.39, 0.29) is 35.9 Å². The Kier molecular flexibility index (Phi) is 6.94. The second-order valence-corrected chi connectivity index (χ2v) is 11.0. The standard InChI is InChI=1S/C27H28Cl2FN3O4/c28-15-9-10-17-19(14-15)32-25(37)27(17)21(16-6-4-7-18(29)22(16)30)23(24(36)31-13-5-8-20(34)35)33-26(27)11-2-1-3-12-26/h4,6-7,9-10,14,21,23,33H,1-3,5,8,11-13H2,(H,31,36)(H,32,37)(H,34,35). The smallest absolute Gasteiger partial charge is 0.303 e. The average molecular weight is 548 g/mol. The first-order chi connectivity index (χ1) is 17.7. The van der Waals surface area contributed by atoms with Crippen molar-refractivity contribution in [2.75, 3.05) is 11.9 Å². The molecule has 2 fully saturated rings. The van der Waals surface area contributed by atoms with Crippen LogP contribution in [0, 0.1) is 5.82 Å². The highest BCUT2D eigenvalue weighted by atomic mass is 35.5. The van der Waals surface area contributed by atoms with Crippen LogP contribution in [-0.4, -0.2) is 41.0 Å². The summed E-state index contributed by atoms with van der Waals surface area (Å²) >= 11 is 12.5. The zero-order valence-electron chi connectivity index (χ0n) is 20.1. The summed E-state index contributed by atoms with van der Waals surface area (Å²) in [6.07, 6.45) is 4.12. The van der Waals surface area contributed by atoms with Gasteiger partial charge in [-0.15, -0.1) is 0 Å². The third-order valence-electron chi connectivity index (χ3n) is 8.17. The van der Waals surface area contributed by atoms with E-state index in [1.54, 1.807) is 30.3 Å². The molecule has 1 saturated heterocycles. The van der Waals surface area contributed by atoms with Gasteiger partial charge in [-0.2, -0.15) is 0 Å². The molecule has 2 heterocycles. The number of aliphatic carboxylic acids is 1. The monoisotopic (exact) mass is 547 g/mol. The van der Waals surface area contributed by atoms with Gasteiger partial charge in [-0.3, -0.25) is 19.7 Å². The molecule has 1 saturated carbocycles. The van der Waals surface area contributed by atoms with Gasteiger partial charge >= 0.3 is 5.97 Å². The van der Waals surface area contributed by atoms with Crippen LogP contribution in [0.3, 0.4) is 0 Å². The van der Waals surface area contributed by atoms with Gasteiger partial charge in [-0.05, 0) is 48.6 Å². The summed E-state index contributed by atoms with van der Waals surface area (Å²) in [5.74, 6) is -3.24. The molecule has 2 aromatic carbocycles. The first kappa shape index (κ1) is 25.9. The number of carbonyl (C=O) groups excluding carboxylic acids is 2. The van der Waals surface area contributed by atoms with Crippen molar-refractivity contribution in [1.82, 2.24) is 10.6 Å². The van der Waals surface area contributed by atoms with Gasteiger partial charge in [0.15, 0.2) is 0 Å². The molecule has 0 aromatic heterocycles. The summed E-state index contributed by atoms with van der Waals surface area (Å²) in [5, 5.41) is 18.7.